The van der Waals surface area contributed by atoms with Crippen LogP contribution in [0, 0.1) is 5.92 Å². The van der Waals surface area contributed by atoms with Crippen LogP contribution in [-0.2, 0) is 4.79 Å². The number of nitrogens with zero attached hydrogens (tertiary/aromatic N) is 1. The Bertz CT molecular complexity index is 257. The lowest BCUT2D eigenvalue weighted by Crippen LogP contribution is -2.44. The van der Waals surface area contributed by atoms with Gasteiger partial charge < -0.3 is 15.5 Å². The Morgan fingerprint density at radius 3 is 2.53 bits per heavy atom. The normalized spacial score (nSPS) is 24.6. The fourth-order valence-electron chi connectivity index (χ4n) is 2.46. The first-order valence-corrected chi connectivity index (χ1v) is 6.86. The van der Waals surface area contributed by atoms with E-state index in [1.54, 1.807) is 0 Å². The van der Waals surface area contributed by atoms with Gasteiger partial charge in [-0.15, -0.1) is 0 Å². The van der Waals surface area contributed by atoms with Gasteiger partial charge in [0, 0.05) is 12.1 Å². The summed E-state index contributed by atoms with van der Waals surface area (Å²) in [7, 11) is 2.18. The minimum absolute atomic E-state index is 0.160. The highest BCUT2D eigenvalue weighted by Gasteiger charge is 2.25. The summed E-state index contributed by atoms with van der Waals surface area (Å²) in [6, 6.07) is 0.927. The molecule has 0 radical (unpaired) electrons. The number of rotatable bonds is 5. The minimum Gasteiger partial charge on any atom is -0.352 e. The van der Waals surface area contributed by atoms with Gasteiger partial charge in [0.1, 0.15) is 0 Å². The maximum absolute atomic E-state index is 11.6. The summed E-state index contributed by atoms with van der Waals surface area (Å²) in [5.74, 6) is 0.882. The van der Waals surface area contributed by atoms with Crippen molar-refractivity contribution in [3.63, 3.8) is 0 Å². The minimum atomic E-state index is 0.160. The lowest BCUT2D eigenvalue weighted by molar-refractivity contribution is -0.120. The molecule has 2 rings (SSSR count). The number of likely N-dealkylation sites (tertiary alicyclic amines) is 1. The van der Waals surface area contributed by atoms with Crippen molar-refractivity contribution < 1.29 is 4.79 Å². The smallest absolute Gasteiger partial charge is 0.234 e. The van der Waals surface area contributed by atoms with Gasteiger partial charge in [0.15, 0.2) is 0 Å². The van der Waals surface area contributed by atoms with E-state index in [2.05, 4.69) is 29.5 Å². The first kappa shape index (κ1) is 12.8. The summed E-state index contributed by atoms with van der Waals surface area (Å²) in [4.78, 5) is 13.9. The van der Waals surface area contributed by atoms with Crippen LogP contribution in [0.2, 0.25) is 0 Å². The molecule has 1 unspecified atom stereocenters. The molecule has 0 spiro atoms. The second-order valence-corrected chi connectivity index (χ2v) is 5.65. The summed E-state index contributed by atoms with van der Waals surface area (Å²) < 4.78 is 0. The third-order valence-electron chi connectivity index (χ3n) is 4.00. The van der Waals surface area contributed by atoms with E-state index in [1.165, 1.54) is 25.9 Å². The van der Waals surface area contributed by atoms with Crippen molar-refractivity contribution in [3.05, 3.63) is 0 Å². The lowest BCUT2D eigenvalue weighted by Gasteiger charge is -2.33. The molecule has 1 aliphatic carbocycles. The first-order valence-electron chi connectivity index (χ1n) is 6.86. The van der Waals surface area contributed by atoms with Crippen LogP contribution >= 0.6 is 0 Å². The third-order valence-corrected chi connectivity index (χ3v) is 4.00. The summed E-state index contributed by atoms with van der Waals surface area (Å²) >= 11 is 0. The Hall–Kier alpha value is -0.610. The molecule has 0 aromatic heterocycles. The fourth-order valence-corrected chi connectivity index (χ4v) is 2.46. The average molecular weight is 239 g/mol. The van der Waals surface area contributed by atoms with Gasteiger partial charge in [-0.05, 0) is 58.7 Å². The highest BCUT2D eigenvalue weighted by atomic mass is 16.2. The van der Waals surface area contributed by atoms with Gasteiger partial charge in [-0.1, -0.05) is 0 Å². The lowest BCUT2D eigenvalue weighted by atomic mass is 9.90. The van der Waals surface area contributed by atoms with Gasteiger partial charge in [0.25, 0.3) is 0 Å². The van der Waals surface area contributed by atoms with E-state index in [9.17, 15) is 4.79 Å². The maximum Gasteiger partial charge on any atom is 0.234 e. The van der Waals surface area contributed by atoms with Gasteiger partial charge in [-0.25, -0.2) is 0 Å². The Balaban J connectivity index is 1.62. The second kappa shape index (κ2) is 5.83. The van der Waals surface area contributed by atoms with Gasteiger partial charge in [-0.3, -0.25) is 4.79 Å². The van der Waals surface area contributed by atoms with E-state index in [0.717, 1.165) is 18.8 Å². The van der Waals surface area contributed by atoms with Crippen molar-refractivity contribution in [2.75, 3.05) is 26.7 Å². The quantitative estimate of drug-likeness (QED) is 0.738. The van der Waals surface area contributed by atoms with Crippen LogP contribution in [0.25, 0.3) is 0 Å². The van der Waals surface area contributed by atoms with Crippen molar-refractivity contribution in [2.24, 2.45) is 5.92 Å². The van der Waals surface area contributed by atoms with E-state index in [-0.39, 0.29) is 5.91 Å². The van der Waals surface area contributed by atoms with Crippen LogP contribution in [0.4, 0.5) is 0 Å². The molecular formula is C13H25N3O. The maximum atomic E-state index is 11.6. The van der Waals surface area contributed by atoms with Crippen LogP contribution in [0.1, 0.15) is 32.6 Å². The second-order valence-electron chi connectivity index (χ2n) is 5.65. The molecule has 1 amide bonds. The van der Waals surface area contributed by atoms with Gasteiger partial charge in [-0.2, -0.15) is 0 Å². The van der Waals surface area contributed by atoms with Crippen LogP contribution in [0.3, 0.4) is 0 Å². The molecule has 98 valence electrons. The predicted molar refractivity (Wildman–Crippen MR) is 68.9 cm³/mol. The Labute approximate surface area is 104 Å². The number of amides is 1. The summed E-state index contributed by atoms with van der Waals surface area (Å²) in [6.45, 7) is 5.06. The molecule has 1 saturated heterocycles. The molecule has 4 heteroatoms. The Morgan fingerprint density at radius 2 is 1.94 bits per heavy atom. The standard InChI is InChI=1S/C13H25N3O/c1-10(11-5-7-16(2)8-6-11)14-9-13(17)15-12-3-4-12/h10-12,14H,3-9H2,1-2H3,(H,15,17). The monoisotopic (exact) mass is 239 g/mol. The summed E-state index contributed by atoms with van der Waals surface area (Å²) in [5, 5.41) is 6.38. The Morgan fingerprint density at radius 1 is 1.29 bits per heavy atom. The van der Waals surface area contributed by atoms with E-state index in [0.29, 0.717) is 18.6 Å². The SMILES string of the molecule is CC(NCC(=O)NC1CC1)C1CCN(C)CC1. The molecule has 1 aliphatic heterocycles. The van der Waals surface area contributed by atoms with Crippen LogP contribution in [0.5, 0.6) is 0 Å². The molecule has 1 heterocycles. The van der Waals surface area contributed by atoms with Crippen molar-refractivity contribution >= 4 is 5.91 Å². The zero-order valence-corrected chi connectivity index (χ0v) is 11.0. The van der Waals surface area contributed by atoms with Gasteiger partial charge in [0.05, 0.1) is 6.54 Å². The molecule has 2 aliphatic rings. The number of nitrogens with one attached hydrogen (secondary N) is 2. The van der Waals surface area contributed by atoms with Crippen LogP contribution < -0.4 is 10.6 Å². The predicted octanol–water partition coefficient (Wildman–Crippen LogP) is 0.585. The van der Waals surface area contributed by atoms with E-state index in [4.69, 9.17) is 0 Å². The number of hydrogen-bond donors (Lipinski definition) is 2. The number of carbonyl (C=O) groups is 1. The zero-order valence-electron chi connectivity index (χ0n) is 11.0. The molecule has 2 N–H and O–H groups in total. The molecule has 1 atom stereocenters. The highest BCUT2D eigenvalue weighted by Crippen LogP contribution is 2.20. The Kier molecular flexibility index (Phi) is 4.40. The van der Waals surface area contributed by atoms with Crippen molar-refractivity contribution in [1.82, 2.24) is 15.5 Å². The summed E-state index contributed by atoms with van der Waals surface area (Å²) in [6.07, 6.45) is 4.82. The zero-order chi connectivity index (χ0) is 12.3. The van der Waals surface area contributed by atoms with E-state index in [1.807, 2.05) is 0 Å². The summed E-state index contributed by atoms with van der Waals surface area (Å²) in [5.41, 5.74) is 0. The molecule has 17 heavy (non-hydrogen) atoms. The molecule has 4 nitrogen and oxygen atoms in total. The van der Waals surface area contributed by atoms with Gasteiger partial charge in [0.2, 0.25) is 5.91 Å². The number of carbonyl (C=O) groups excluding carboxylic acids is 1. The van der Waals surface area contributed by atoms with Crippen LogP contribution in [0.15, 0.2) is 0 Å². The molecule has 0 bridgehead atoms. The topological polar surface area (TPSA) is 44.4 Å². The molecule has 0 aromatic carbocycles. The largest absolute Gasteiger partial charge is 0.352 e. The fraction of sp³-hybridized carbons (Fsp3) is 0.923. The number of piperidine rings is 1. The van der Waals surface area contributed by atoms with Crippen LogP contribution in [-0.4, -0.2) is 49.6 Å². The molecule has 1 saturated carbocycles. The van der Waals surface area contributed by atoms with Crippen molar-refractivity contribution in [3.8, 4) is 0 Å². The van der Waals surface area contributed by atoms with E-state index >= 15 is 0 Å². The van der Waals surface area contributed by atoms with Crippen molar-refractivity contribution in [2.45, 2.75) is 44.7 Å². The van der Waals surface area contributed by atoms with E-state index < -0.39 is 0 Å². The third kappa shape index (κ3) is 4.28. The molecular weight excluding hydrogens is 214 g/mol. The highest BCUT2D eigenvalue weighted by molar-refractivity contribution is 5.78. The molecule has 2 fully saturated rings. The van der Waals surface area contributed by atoms with Gasteiger partial charge >= 0.3 is 0 Å². The molecule has 0 aromatic rings. The van der Waals surface area contributed by atoms with Crippen molar-refractivity contribution in [1.29, 1.82) is 0 Å². The average Bonchev–Trinajstić information content (AvgIpc) is 3.11. The first-order chi connectivity index (χ1) is 8.15. The number of hydrogen-bond acceptors (Lipinski definition) is 3.